The number of hydrogen-bond donors (Lipinski definition) is 1. The maximum absolute atomic E-state index is 13.3. The monoisotopic (exact) mass is 573 g/mol. The van der Waals surface area contributed by atoms with E-state index < -0.39 is 57.1 Å². The third-order valence-corrected chi connectivity index (χ3v) is 7.40. The average Bonchev–Trinajstić information content (AvgIpc) is 3.04. The predicted molar refractivity (Wildman–Crippen MR) is 141 cm³/mol. The molecule has 4 aromatic rings. The summed E-state index contributed by atoms with van der Waals surface area (Å²) in [4.78, 5) is 26.8. The number of ether oxygens (including phenoxy) is 2. The third kappa shape index (κ3) is 4.99. The molecule has 0 atom stereocenters. The van der Waals surface area contributed by atoms with E-state index in [1.807, 2.05) is 0 Å². The number of nitrogens with one attached hydrogen (secondary N) is 1. The number of benzene rings is 1. The largest absolute Gasteiger partial charge is 0.492 e. The molecule has 13 heteroatoms. The molecule has 0 aliphatic carbocycles. The quantitative estimate of drug-likeness (QED) is 0.378. The van der Waals surface area contributed by atoms with Gasteiger partial charge in [-0.05, 0) is 54.9 Å². The van der Waals surface area contributed by atoms with Crippen molar-refractivity contribution in [3.05, 3.63) is 71.7 Å². The fourth-order valence-corrected chi connectivity index (χ4v) is 5.13. The summed E-state index contributed by atoms with van der Waals surface area (Å²) >= 11 is 0. The van der Waals surface area contributed by atoms with Crippen LogP contribution in [0.5, 0.6) is 11.5 Å². The molecule has 0 spiro atoms. The highest BCUT2D eigenvalue weighted by atomic mass is 32.2. The number of pyridine rings is 3. The smallest absolute Gasteiger partial charge is 0.280 e. The van der Waals surface area contributed by atoms with Crippen LogP contribution in [0.1, 0.15) is 42.8 Å². The van der Waals surface area contributed by atoms with Crippen molar-refractivity contribution in [3.8, 4) is 11.5 Å². The number of halogens is 2. The van der Waals surface area contributed by atoms with E-state index in [1.54, 1.807) is 23.1 Å². The van der Waals surface area contributed by atoms with Crippen molar-refractivity contribution in [3.63, 3.8) is 0 Å². The van der Waals surface area contributed by atoms with E-state index in [2.05, 4.69) is 20.3 Å². The molecule has 5 heterocycles. The number of carbonyl (C=O) groups is 1. The van der Waals surface area contributed by atoms with E-state index in [4.69, 9.17) is 17.7 Å². The van der Waals surface area contributed by atoms with Crippen LogP contribution in [0.3, 0.4) is 0 Å². The number of nitrogens with zero attached hydrogens (tertiary/aromatic N) is 4. The van der Waals surface area contributed by atoms with E-state index in [0.717, 1.165) is 18.2 Å². The minimum absolute atomic E-state index is 0.146. The third-order valence-electron chi connectivity index (χ3n) is 6.13. The molecule has 3 aromatic heterocycles. The summed E-state index contributed by atoms with van der Waals surface area (Å²) in [7, 11) is -5.18. The molecule has 1 amide bonds. The van der Waals surface area contributed by atoms with E-state index in [-0.39, 0.29) is 24.5 Å². The van der Waals surface area contributed by atoms with E-state index >= 15 is 0 Å². The molecule has 1 aromatic carbocycles. The van der Waals surface area contributed by atoms with Crippen LogP contribution in [0.2, 0.25) is 0 Å². The molecule has 2 aliphatic heterocycles. The van der Waals surface area contributed by atoms with Gasteiger partial charge in [0.05, 0.1) is 39.3 Å². The maximum atomic E-state index is 13.3. The Morgan fingerprint density at radius 2 is 1.95 bits per heavy atom. The number of fused-ring (bicyclic) bond motifs is 3. The molecule has 0 saturated heterocycles. The first-order valence-corrected chi connectivity index (χ1v) is 13.3. The van der Waals surface area contributed by atoms with E-state index in [0.29, 0.717) is 34.7 Å². The number of alkyl halides is 2. The van der Waals surface area contributed by atoms with Gasteiger partial charge >= 0.3 is 0 Å². The number of rotatable bonds is 5. The van der Waals surface area contributed by atoms with Crippen LogP contribution in [0, 0.1) is 0 Å². The second kappa shape index (κ2) is 10.3. The molecule has 6 rings (SSSR count). The van der Waals surface area contributed by atoms with Crippen molar-refractivity contribution < 1.29 is 39.7 Å². The van der Waals surface area contributed by atoms with Gasteiger partial charge in [0.2, 0.25) is 0 Å². The summed E-state index contributed by atoms with van der Waals surface area (Å²) in [5.74, 6) is -0.483. The molecule has 0 saturated carbocycles. The summed E-state index contributed by atoms with van der Waals surface area (Å²) in [5, 5.41) is 3.22. The lowest BCUT2D eigenvalue weighted by molar-refractivity contribution is 0.0950. The van der Waals surface area contributed by atoms with Gasteiger partial charge in [-0.1, -0.05) is 0 Å². The van der Waals surface area contributed by atoms with Gasteiger partial charge in [-0.3, -0.25) is 9.78 Å². The van der Waals surface area contributed by atoms with Crippen LogP contribution in [-0.2, 0) is 16.4 Å². The zero-order valence-corrected chi connectivity index (χ0v) is 21.2. The van der Waals surface area contributed by atoms with Crippen LogP contribution in [-0.4, -0.2) is 54.7 Å². The first-order chi connectivity index (χ1) is 21.5. The Bertz CT molecular complexity index is 2000. The van der Waals surface area contributed by atoms with Gasteiger partial charge in [0.15, 0.2) is 21.4 Å². The Morgan fingerprint density at radius 1 is 1.10 bits per heavy atom. The van der Waals surface area contributed by atoms with Gasteiger partial charge in [0.25, 0.3) is 12.3 Å². The molecule has 2 aliphatic rings. The number of hydrogen-bond acceptors (Lipinski definition) is 9. The van der Waals surface area contributed by atoms with Crippen molar-refractivity contribution in [2.75, 3.05) is 30.3 Å². The highest BCUT2D eigenvalue weighted by molar-refractivity contribution is 7.91. The number of sulfone groups is 1. The summed E-state index contributed by atoms with van der Waals surface area (Å²) in [5.41, 5.74) is -3.57. The first-order valence-electron chi connectivity index (χ1n) is 14.8. The van der Waals surface area contributed by atoms with Gasteiger partial charge < -0.3 is 19.7 Å². The highest BCUT2D eigenvalue weighted by Crippen LogP contribution is 2.36. The molecule has 40 heavy (non-hydrogen) atoms. The molecule has 1 N–H and O–H groups in total. The van der Waals surface area contributed by atoms with Crippen molar-refractivity contribution in [1.29, 1.82) is 0 Å². The molecule has 10 nitrogen and oxygen atoms in total. The SMILES string of the molecule is [2H]C1([2H])Oc2ccc(C(=O)NCc3cc4nc(N5CCOc6ccc(C(F)F)nc65)ccc4cn3)cc2S(=O)(=O)C([2H])([2H])C1([2H])[2H]. The number of amides is 1. The fraction of sp³-hybridized carbons (Fsp3) is 0.259. The Hall–Kier alpha value is -4.39. The second-order valence-corrected chi connectivity index (χ2v) is 10.3. The summed E-state index contributed by atoms with van der Waals surface area (Å²) in [6, 6.07) is 10.5. The zero-order valence-electron chi connectivity index (χ0n) is 26.4. The van der Waals surface area contributed by atoms with Crippen molar-refractivity contribution in [1.82, 2.24) is 20.3 Å². The number of anilines is 2. The van der Waals surface area contributed by atoms with Crippen molar-refractivity contribution >= 4 is 38.3 Å². The lowest BCUT2D eigenvalue weighted by atomic mass is 10.2. The van der Waals surface area contributed by atoms with Gasteiger partial charge in [-0.15, -0.1) is 0 Å². The minimum atomic E-state index is -5.18. The van der Waals surface area contributed by atoms with E-state index in [9.17, 15) is 22.0 Å². The van der Waals surface area contributed by atoms with Crippen LogP contribution >= 0.6 is 0 Å². The minimum Gasteiger partial charge on any atom is -0.492 e. The molecule has 0 unspecified atom stereocenters. The van der Waals surface area contributed by atoms with Crippen LogP contribution in [0.15, 0.2) is 59.6 Å². The Balaban J connectivity index is 1.24. The van der Waals surface area contributed by atoms with Crippen LogP contribution in [0.4, 0.5) is 20.4 Å². The number of aromatic nitrogens is 3. The predicted octanol–water partition coefficient (Wildman–Crippen LogP) is 3.98. The Kier molecular flexibility index (Phi) is 5.06. The topological polar surface area (TPSA) is 124 Å². The van der Waals surface area contributed by atoms with Crippen LogP contribution < -0.4 is 19.7 Å². The average molecular weight is 574 g/mol. The molecule has 0 radical (unpaired) electrons. The number of carbonyl (C=O) groups excluding carboxylic acids is 1. The Morgan fingerprint density at radius 3 is 2.80 bits per heavy atom. The first kappa shape index (κ1) is 19.6. The maximum Gasteiger partial charge on any atom is 0.280 e. The van der Waals surface area contributed by atoms with Gasteiger partial charge in [0, 0.05) is 22.6 Å². The van der Waals surface area contributed by atoms with Crippen LogP contribution in [0.25, 0.3) is 10.9 Å². The molecule has 206 valence electrons. The zero-order chi connectivity index (χ0) is 33.2. The van der Waals surface area contributed by atoms with Gasteiger partial charge in [-0.25, -0.2) is 27.2 Å². The molecular weight excluding hydrogens is 544 g/mol. The lowest BCUT2D eigenvalue weighted by Gasteiger charge is -2.29. The van der Waals surface area contributed by atoms with Gasteiger partial charge in [-0.2, -0.15) is 0 Å². The standard InChI is InChI=1S/C27H23F2N5O5S/c28-25(29)19-4-6-22-26(33-19)34(8-10-39-22)24-7-3-17-14-30-18(13-20(17)32-24)15-31-27(35)16-2-5-21-23(12-16)40(36,37)11-1-9-38-21/h2-7,12-14,25H,1,8-11,15H2,(H,31,35)/i1D2,9D2,11D2. The lowest BCUT2D eigenvalue weighted by Crippen LogP contribution is -2.30. The molecule has 0 fully saturated rings. The highest BCUT2D eigenvalue weighted by Gasteiger charge is 2.26. The second-order valence-electron chi connectivity index (χ2n) is 8.68. The van der Waals surface area contributed by atoms with Gasteiger partial charge in [0.1, 0.15) is 28.8 Å². The normalized spacial score (nSPS) is 21.9. The molecular formula is C27H23F2N5O5S. The summed E-state index contributed by atoms with van der Waals surface area (Å²) in [6.45, 7) is -2.92. The molecule has 0 bridgehead atoms. The van der Waals surface area contributed by atoms with Crippen molar-refractivity contribution in [2.45, 2.75) is 24.2 Å². The summed E-state index contributed by atoms with van der Waals surface area (Å²) < 4.78 is 111. The Labute approximate surface area is 236 Å². The fourth-order valence-electron chi connectivity index (χ4n) is 4.19. The summed E-state index contributed by atoms with van der Waals surface area (Å²) in [6.07, 6.45) is -4.86. The van der Waals surface area contributed by atoms with Crippen molar-refractivity contribution in [2.24, 2.45) is 0 Å². The van der Waals surface area contributed by atoms with E-state index in [1.165, 1.54) is 18.3 Å².